The van der Waals surface area contributed by atoms with Gasteiger partial charge >= 0.3 is 11.9 Å². The Bertz CT molecular complexity index is 1370. The van der Waals surface area contributed by atoms with Gasteiger partial charge in [0.1, 0.15) is 17.1 Å². The molecule has 0 aliphatic carbocycles. The number of hydrogen-bond acceptors (Lipinski definition) is 8. The van der Waals surface area contributed by atoms with Gasteiger partial charge in [-0.3, -0.25) is 9.69 Å². The van der Waals surface area contributed by atoms with Crippen LogP contribution in [0.5, 0.6) is 5.75 Å². The first kappa shape index (κ1) is 32.2. The van der Waals surface area contributed by atoms with E-state index in [1.54, 1.807) is 32.9 Å². The van der Waals surface area contributed by atoms with Crippen molar-refractivity contribution in [3.63, 3.8) is 0 Å². The van der Waals surface area contributed by atoms with Crippen LogP contribution >= 0.6 is 11.6 Å². The second kappa shape index (κ2) is 13.1. The lowest BCUT2D eigenvalue weighted by molar-refractivity contribution is -0.159. The molecule has 41 heavy (non-hydrogen) atoms. The van der Waals surface area contributed by atoms with E-state index in [2.05, 4.69) is 0 Å². The average Bonchev–Trinajstić information content (AvgIpc) is 3.20. The molecule has 2 aromatic carbocycles. The van der Waals surface area contributed by atoms with Gasteiger partial charge in [-0.25, -0.2) is 9.78 Å². The Morgan fingerprint density at radius 3 is 2.24 bits per heavy atom. The van der Waals surface area contributed by atoms with Crippen LogP contribution < -0.4 is 4.74 Å². The molecular formula is C32H41ClN2O6. The average molecular weight is 585 g/mol. The van der Waals surface area contributed by atoms with Crippen LogP contribution in [-0.2, 0) is 32.2 Å². The number of carbonyl (C=O) groups is 2. The maximum absolute atomic E-state index is 12.9. The molecule has 0 radical (unpaired) electrons. The highest BCUT2D eigenvalue weighted by Gasteiger charge is 2.33. The van der Waals surface area contributed by atoms with E-state index in [4.69, 9.17) is 35.2 Å². The van der Waals surface area contributed by atoms with Crippen molar-refractivity contribution in [2.45, 2.75) is 86.6 Å². The van der Waals surface area contributed by atoms with Gasteiger partial charge in [-0.1, -0.05) is 29.8 Å². The van der Waals surface area contributed by atoms with Crippen molar-refractivity contribution in [3.05, 3.63) is 69.6 Å². The Balaban J connectivity index is 1.88. The summed E-state index contributed by atoms with van der Waals surface area (Å²) >= 11 is 6.17. The molecule has 3 aromatic rings. The molecule has 8 nitrogen and oxygen atoms in total. The van der Waals surface area contributed by atoms with E-state index in [0.29, 0.717) is 41.2 Å². The van der Waals surface area contributed by atoms with Crippen molar-refractivity contribution in [3.8, 4) is 17.2 Å². The first-order chi connectivity index (χ1) is 19.1. The van der Waals surface area contributed by atoms with Gasteiger partial charge in [0, 0.05) is 23.7 Å². The third kappa shape index (κ3) is 9.07. The Morgan fingerprint density at radius 1 is 1.00 bits per heavy atom. The number of esters is 2. The molecule has 222 valence electrons. The summed E-state index contributed by atoms with van der Waals surface area (Å²) in [6.45, 7) is 17.6. The molecule has 0 fully saturated rings. The lowest BCUT2D eigenvalue weighted by Gasteiger charge is -2.27. The molecule has 0 N–H and O–H groups in total. The first-order valence-corrected chi connectivity index (χ1v) is 14.1. The number of oxazole rings is 1. The largest absolute Gasteiger partial charge is 0.476 e. The van der Waals surface area contributed by atoms with Gasteiger partial charge in [-0.2, -0.15) is 0 Å². The molecule has 0 aliphatic rings. The van der Waals surface area contributed by atoms with E-state index in [1.165, 1.54) is 0 Å². The van der Waals surface area contributed by atoms with Crippen LogP contribution in [-0.4, -0.2) is 46.2 Å². The number of nitrogens with zero attached hydrogens (tertiary/aromatic N) is 2. The highest BCUT2D eigenvalue weighted by Crippen LogP contribution is 2.30. The number of ether oxygens (including phenoxy) is 3. The maximum Gasteiger partial charge on any atom is 0.349 e. The van der Waals surface area contributed by atoms with Crippen molar-refractivity contribution in [2.24, 2.45) is 0 Å². The number of aryl methyl sites for hydroxylation is 3. The van der Waals surface area contributed by atoms with E-state index >= 15 is 0 Å². The van der Waals surface area contributed by atoms with Crippen molar-refractivity contribution < 1.29 is 28.2 Å². The smallest absolute Gasteiger partial charge is 0.349 e. The lowest BCUT2D eigenvalue weighted by atomic mass is 10.0. The molecule has 0 amide bonds. The molecule has 1 heterocycles. The Morgan fingerprint density at radius 2 is 1.66 bits per heavy atom. The van der Waals surface area contributed by atoms with Gasteiger partial charge in [-0.15, -0.1) is 0 Å². The lowest BCUT2D eigenvalue weighted by Crippen LogP contribution is -2.40. The molecular weight excluding hydrogens is 544 g/mol. The maximum atomic E-state index is 12.9. The summed E-state index contributed by atoms with van der Waals surface area (Å²) in [7, 11) is 0. The van der Waals surface area contributed by atoms with Crippen LogP contribution in [0.4, 0.5) is 0 Å². The van der Waals surface area contributed by atoms with Crippen LogP contribution in [0.25, 0.3) is 11.5 Å². The van der Waals surface area contributed by atoms with Crippen LogP contribution in [0.3, 0.4) is 0 Å². The Hall–Kier alpha value is -3.36. The summed E-state index contributed by atoms with van der Waals surface area (Å²) in [4.78, 5) is 32.0. The highest BCUT2D eigenvalue weighted by atomic mass is 35.5. The Kier molecular flexibility index (Phi) is 10.3. The van der Waals surface area contributed by atoms with E-state index in [0.717, 1.165) is 22.3 Å². The molecule has 0 bridgehead atoms. The van der Waals surface area contributed by atoms with Gasteiger partial charge in [-0.05, 0) is 97.2 Å². The van der Waals surface area contributed by atoms with E-state index in [1.807, 2.05) is 70.7 Å². The zero-order valence-corrected chi connectivity index (χ0v) is 26.3. The molecule has 0 aliphatic heterocycles. The van der Waals surface area contributed by atoms with E-state index in [9.17, 15) is 9.59 Å². The van der Waals surface area contributed by atoms with Crippen molar-refractivity contribution >= 4 is 23.5 Å². The van der Waals surface area contributed by atoms with Crippen LogP contribution in [0, 0.1) is 20.8 Å². The minimum Gasteiger partial charge on any atom is -0.476 e. The third-order valence-corrected chi connectivity index (χ3v) is 6.40. The topological polar surface area (TPSA) is 91.1 Å². The summed E-state index contributed by atoms with van der Waals surface area (Å²) < 4.78 is 22.9. The number of hydrogen-bond donors (Lipinski definition) is 0. The van der Waals surface area contributed by atoms with Crippen LogP contribution in [0.15, 0.2) is 40.8 Å². The number of rotatable bonds is 11. The van der Waals surface area contributed by atoms with Crippen molar-refractivity contribution in [1.29, 1.82) is 0 Å². The normalized spacial score (nSPS) is 12.0. The molecule has 9 heteroatoms. The summed E-state index contributed by atoms with van der Waals surface area (Å²) in [6.07, 6.45) is 0. The highest BCUT2D eigenvalue weighted by molar-refractivity contribution is 6.30. The fourth-order valence-corrected chi connectivity index (χ4v) is 4.60. The summed E-state index contributed by atoms with van der Waals surface area (Å²) in [5.41, 5.74) is 2.46. The van der Waals surface area contributed by atoms with Gasteiger partial charge in [0.05, 0.1) is 18.8 Å². The van der Waals surface area contributed by atoms with Crippen molar-refractivity contribution in [1.82, 2.24) is 9.88 Å². The molecule has 0 spiro atoms. The predicted molar refractivity (Wildman–Crippen MR) is 159 cm³/mol. The van der Waals surface area contributed by atoms with Gasteiger partial charge < -0.3 is 18.6 Å². The SMILES string of the molecule is CCOC(=O)C(C)(C)Oc1c(C)cc(CN(CC(=O)OC(C)(C)C)Cc2nc(-c3cccc(Cl)c3)oc2C)cc1C. The quantitative estimate of drug-likeness (QED) is 0.223. The Labute approximate surface area is 247 Å². The fraction of sp³-hybridized carbons (Fsp3) is 0.469. The predicted octanol–water partition coefficient (Wildman–Crippen LogP) is 6.98. The van der Waals surface area contributed by atoms with Crippen LogP contribution in [0.1, 0.15) is 69.7 Å². The molecule has 1 aromatic heterocycles. The van der Waals surface area contributed by atoms with E-state index < -0.39 is 17.2 Å². The number of halogens is 1. The standard InChI is InChI=1S/C32H41ClN2O6/c1-10-38-30(37)32(8,9)41-28-20(2)14-23(15-21(28)3)17-35(19-27(36)40-31(5,6)7)18-26-22(4)39-29(34-26)24-12-11-13-25(33)16-24/h11-16H,10,17-19H2,1-9H3. The summed E-state index contributed by atoms with van der Waals surface area (Å²) in [5.74, 6) is 0.995. The molecule has 0 saturated carbocycles. The zero-order chi connectivity index (χ0) is 30.5. The summed E-state index contributed by atoms with van der Waals surface area (Å²) in [6, 6.07) is 11.3. The van der Waals surface area contributed by atoms with Gasteiger partial charge in [0.25, 0.3) is 0 Å². The minimum absolute atomic E-state index is 0.0578. The number of aromatic nitrogens is 1. The minimum atomic E-state index is -1.14. The van der Waals surface area contributed by atoms with Crippen molar-refractivity contribution in [2.75, 3.05) is 13.2 Å². The van der Waals surface area contributed by atoms with E-state index in [-0.39, 0.29) is 19.1 Å². The van der Waals surface area contributed by atoms with Gasteiger partial charge in [0.15, 0.2) is 5.60 Å². The number of carbonyl (C=O) groups excluding carboxylic acids is 2. The fourth-order valence-electron chi connectivity index (χ4n) is 4.41. The zero-order valence-electron chi connectivity index (χ0n) is 25.5. The molecule has 0 saturated heterocycles. The number of benzene rings is 2. The first-order valence-electron chi connectivity index (χ1n) is 13.7. The monoisotopic (exact) mass is 584 g/mol. The second-order valence-corrected chi connectivity index (χ2v) is 12.1. The molecule has 0 atom stereocenters. The summed E-state index contributed by atoms with van der Waals surface area (Å²) in [5, 5.41) is 0.593. The second-order valence-electron chi connectivity index (χ2n) is 11.7. The van der Waals surface area contributed by atoms with Gasteiger partial charge in [0.2, 0.25) is 5.89 Å². The molecule has 3 rings (SSSR count). The third-order valence-electron chi connectivity index (χ3n) is 6.16. The van der Waals surface area contributed by atoms with Crippen LogP contribution in [0.2, 0.25) is 5.02 Å². The molecule has 0 unspecified atom stereocenters.